The number of allylic oxidation sites excluding steroid dienone is 1. The highest BCUT2D eigenvalue weighted by molar-refractivity contribution is 6.18. The molecule has 0 heterocycles. The normalized spacial score (nSPS) is 11.2. The molecule has 0 bridgehead atoms. The molecule has 0 aliphatic heterocycles. The van der Waals surface area contributed by atoms with Crippen molar-refractivity contribution in [3.05, 3.63) is 12.3 Å². The summed E-state index contributed by atoms with van der Waals surface area (Å²) in [5.41, 5.74) is 0. The molecule has 62 valence electrons. The van der Waals surface area contributed by atoms with Gasteiger partial charge in [0.15, 0.2) is 0 Å². The first-order valence-electron chi connectivity index (χ1n) is 2.72. The van der Waals surface area contributed by atoms with E-state index < -0.39 is 6.10 Å². The second-order valence-corrected chi connectivity index (χ2v) is 2.00. The van der Waals surface area contributed by atoms with E-state index in [0.717, 1.165) is 0 Å². The number of rotatable bonds is 2. The van der Waals surface area contributed by atoms with Crippen molar-refractivity contribution in [2.24, 2.45) is 0 Å². The summed E-state index contributed by atoms with van der Waals surface area (Å²) in [6.07, 6.45) is -0.744. The fourth-order valence-corrected chi connectivity index (χ4v) is 0.146. The summed E-state index contributed by atoms with van der Waals surface area (Å²) in [6.45, 7) is 4.17. The molecule has 0 saturated heterocycles. The van der Waals surface area contributed by atoms with Gasteiger partial charge in [-0.3, -0.25) is 0 Å². The summed E-state index contributed by atoms with van der Waals surface area (Å²) in [5, 5.41) is 25.6. The van der Waals surface area contributed by atoms with E-state index in [4.69, 9.17) is 21.8 Å². The molecule has 0 radical (unpaired) electrons. The zero-order valence-electron chi connectivity index (χ0n) is 5.88. The van der Waals surface area contributed by atoms with Gasteiger partial charge in [-0.25, -0.2) is 0 Å². The maximum absolute atomic E-state index is 9.33. The predicted octanol–water partition coefficient (Wildman–Crippen LogP) is -0.541. The first kappa shape index (κ1) is 12.4. The number of halogens is 1. The smallest absolute Gasteiger partial charge is 0.0905 e. The van der Waals surface area contributed by atoms with Crippen LogP contribution in [0, 0.1) is 0 Å². The van der Waals surface area contributed by atoms with Crippen LogP contribution in [0.4, 0.5) is 0 Å². The Hall–Kier alpha value is -0.250. The van der Waals surface area contributed by atoms with Crippen molar-refractivity contribution in [3.8, 4) is 0 Å². The number of hydrogen-bond donors (Lipinski definition) is 2. The van der Waals surface area contributed by atoms with Gasteiger partial charge in [0.2, 0.25) is 0 Å². The van der Waals surface area contributed by atoms with Crippen molar-refractivity contribution >= 4 is 11.6 Å². The van der Waals surface area contributed by atoms with Crippen molar-refractivity contribution in [3.63, 3.8) is 0 Å². The fraction of sp³-hybridized carbons (Fsp3) is 0.667. The average Bonchev–Trinajstić information content (AvgIpc) is 1.85. The molecule has 0 rings (SSSR count). The molecule has 0 fully saturated rings. The lowest BCUT2D eigenvalue weighted by Gasteiger charge is -1.95. The Labute approximate surface area is 65.6 Å². The van der Waals surface area contributed by atoms with Crippen LogP contribution in [0.3, 0.4) is 0 Å². The number of aliphatic hydroxyl groups is 2. The molecule has 2 N–H and O–H groups in total. The van der Waals surface area contributed by atoms with Gasteiger partial charge < -0.3 is 15.3 Å². The van der Waals surface area contributed by atoms with Gasteiger partial charge in [0, 0.05) is 0 Å². The van der Waals surface area contributed by atoms with E-state index in [9.17, 15) is 5.11 Å². The van der Waals surface area contributed by atoms with Crippen LogP contribution in [0.5, 0.6) is 0 Å². The minimum atomic E-state index is -0.744. The minimum Gasteiger partial charge on any atom is -0.876 e. The molecule has 0 spiro atoms. The lowest BCUT2D eigenvalue weighted by molar-refractivity contribution is -0.300. The summed E-state index contributed by atoms with van der Waals surface area (Å²) in [5.74, 6) is 0.0243. The average molecular weight is 168 g/mol. The third kappa shape index (κ3) is 25.1. The third-order valence-electron chi connectivity index (χ3n) is 0.389. The van der Waals surface area contributed by atoms with Gasteiger partial charge in [-0.1, -0.05) is 6.92 Å². The summed E-state index contributed by atoms with van der Waals surface area (Å²) in [6, 6.07) is 0. The quantitative estimate of drug-likeness (QED) is 0.429. The molecule has 10 heavy (non-hydrogen) atoms. The van der Waals surface area contributed by atoms with Crippen molar-refractivity contribution in [2.75, 3.05) is 12.5 Å². The summed E-state index contributed by atoms with van der Waals surface area (Å²) >= 11 is 5.04. The van der Waals surface area contributed by atoms with Crippen LogP contribution in [0.15, 0.2) is 12.3 Å². The number of aliphatic hydroxyl groups excluding tert-OH is 2. The summed E-state index contributed by atoms with van der Waals surface area (Å²) in [7, 11) is 0. The molecule has 0 aromatic heterocycles. The van der Waals surface area contributed by atoms with Crippen molar-refractivity contribution < 1.29 is 15.3 Å². The van der Waals surface area contributed by atoms with E-state index in [1.165, 1.54) is 6.92 Å². The van der Waals surface area contributed by atoms with E-state index >= 15 is 0 Å². The maximum atomic E-state index is 9.33. The first-order valence-corrected chi connectivity index (χ1v) is 3.25. The van der Waals surface area contributed by atoms with Gasteiger partial charge in [0.25, 0.3) is 0 Å². The maximum Gasteiger partial charge on any atom is 0.0905 e. The molecule has 4 heteroatoms. The molecule has 0 aromatic carbocycles. The zero-order valence-corrected chi connectivity index (χ0v) is 6.64. The van der Waals surface area contributed by atoms with Crippen LogP contribution in [-0.4, -0.2) is 28.8 Å². The van der Waals surface area contributed by atoms with E-state index in [-0.39, 0.29) is 18.2 Å². The Balaban J connectivity index is 0. The van der Waals surface area contributed by atoms with E-state index in [0.29, 0.717) is 0 Å². The standard InChI is InChI=1S/C3H7ClO2.C3H6O/c4-1-3(6)2-5;1-3(2)4/h3,5-6H,1-2H2;4H,1H2,2H3/p-1/t3-;/m1./s1. The molecule has 0 saturated carbocycles. The summed E-state index contributed by atoms with van der Waals surface area (Å²) in [4.78, 5) is 0. The Morgan fingerprint density at radius 1 is 1.80 bits per heavy atom. The van der Waals surface area contributed by atoms with Crippen LogP contribution < -0.4 is 5.11 Å². The second-order valence-electron chi connectivity index (χ2n) is 1.69. The molecule has 0 amide bonds. The Morgan fingerprint density at radius 3 is 2.10 bits per heavy atom. The predicted molar refractivity (Wildman–Crippen MR) is 38.6 cm³/mol. The molecule has 1 atom stereocenters. The zero-order chi connectivity index (χ0) is 8.57. The van der Waals surface area contributed by atoms with Gasteiger partial charge in [0.1, 0.15) is 0 Å². The molecular weight excluding hydrogens is 156 g/mol. The Bertz CT molecular complexity index is 77.1. The highest BCUT2D eigenvalue weighted by atomic mass is 35.5. The van der Waals surface area contributed by atoms with E-state index in [2.05, 4.69) is 6.58 Å². The Morgan fingerprint density at radius 2 is 2.10 bits per heavy atom. The van der Waals surface area contributed by atoms with Crippen LogP contribution in [0.1, 0.15) is 6.92 Å². The first-order chi connectivity index (χ1) is 4.54. The van der Waals surface area contributed by atoms with Gasteiger partial charge in [-0.05, 0) is 0 Å². The van der Waals surface area contributed by atoms with Gasteiger partial charge >= 0.3 is 0 Å². The molecular formula is C6H12ClO3-. The highest BCUT2D eigenvalue weighted by Crippen LogP contribution is 1.81. The van der Waals surface area contributed by atoms with Crippen LogP contribution in [0.25, 0.3) is 0 Å². The SMILES string of the molecule is C=C(C)[O-].OC[C@H](O)CCl. The molecule has 3 nitrogen and oxygen atoms in total. The van der Waals surface area contributed by atoms with Crippen molar-refractivity contribution in [1.82, 2.24) is 0 Å². The minimum absolute atomic E-state index is 0.0833. The molecule has 0 aliphatic carbocycles. The van der Waals surface area contributed by atoms with Gasteiger partial charge in [-0.15, -0.1) is 23.9 Å². The van der Waals surface area contributed by atoms with Crippen LogP contribution >= 0.6 is 11.6 Å². The molecule has 0 aromatic rings. The van der Waals surface area contributed by atoms with Gasteiger partial charge in [-0.2, -0.15) is 0 Å². The van der Waals surface area contributed by atoms with Crippen LogP contribution in [0.2, 0.25) is 0 Å². The summed E-state index contributed by atoms with van der Waals surface area (Å²) < 4.78 is 0. The molecule has 0 aliphatic rings. The topological polar surface area (TPSA) is 63.5 Å². The Kier molecular flexibility index (Phi) is 10.9. The van der Waals surface area contributed by atoms with Crippen LogP contribution in [-0.2, 0) is 0 Å². The molecule has 0 unspecified atom stereocenters. The number of hydrogen-bond acceptors (Lipinski definition) is 3. The van der Waals surface area contributed by atoms with Gasteiger partial charge in [0.05, 0.1) is 18.6 Å². The lowest BCUT2D eigenvalue weighted by Crippen LogP contribution is -2.12. The van der Waals surface area contributed by atoms with E-state index in [1.807, 2.05) is 0 Å². The second kappa shape index (κ2) is 8.75. The largest absolute Gasteiger partial charge is 0.876 e. The van der Waals surface area contributed by atoms with E-state index in [1.54, 1.807) is 0 Å². The lowest BCUT2D eigenvalue weighted by atomic mass is 10.5. The number of alkyl halides is 1. The van der Waals surface area contributed by atoms with Crippen molar-refractivity contribution in [1.29, 1.82) is 0 Å². The monoisotopic (exact) mass is 167 g/mol. The fourth-order valence-electron chi connectivity index (χ4n) is 0.0488. The van der Waals surface area contributed by atoms with Crippen molar-refractivity contribution in [2.45, 2.75) is 13.0 Å². The third-order valence-corrected chi connectivity index (χ3v) is 0.745. The highest BCUT2D eigenvalue weighted by Gasteiger charge is 1.94.